The van der Waals surface area contributed by atoms with Crippen molar-refractivity contribution in [3.63, 3.8) is 0 Å². The average Bonchev–Trinajstić information content (AvgIpc) is 2.76. The molecule has 0 unspecified atom stereocenters. The van der Waals surface area contributed by atoms with Crippen LogP contribution in [0.5, 0.6) is 0 Å². The van der Waals surface area contributed by atoms with Gasteiger partial charge in [-0.25, -0.2) is 5.43 Å². The van der Waals surface area contributed by atoms with Crippen molar-refractivity contribution in [1.29, 1.82) is 0 Å². The van der Waals surface area contributed by atoms with E-state index in [2.05, 4.69) is 5.43 Å². The molecular formula is C21H19Cl2N3O4S. The Bertz CT molecular complexity index is 1250. The van der Waals surface area contributed by atoms with Crippen molar-refractivity contribution in [2.24, 2.45) is 0 Å². The molecule has 0 saturated heterocycles. The van der Waals surface area contributed by atoms with E-state index < -0.39 is 27.7 Å². The molecule has 0 fully saturated rings. The molecule has 0 bridgehead atoms. The van der Waals surface area contributed by atoms with Gasteiger partial charge in [0.25, 0.3) is 21.8 Å². The van der Waals surface area contributed by atoms with Gasteiger partial charge in [0.2, 0.25) is 0 Å². The number of nitrogens with one attached hydrogen (secondary N) is 1. The van der Waals surface area contributed by atoms with Crippen LogP contribution < -0.4 is 10.3 Å². The lowest BCUT2D eigenvalue weighted by molar-refractivity contribution is -0.125. The smallest absolute Gasteiger partial charge is 0.285 e. The first-order chi connectivity index (χ1) is 14.7. The Hall–Kier alpha value is -2.81. The van der Waals surface area contributed by atoms with E-state index >= 15 is 0 Å². The van der Waals surface area contributed by atoms with Crippen molar-refractivity contribution >= 4 is 61.5 Å². The third kappa shape index (κ3) is 4.61. The number of hydrazine groups is 1. The zero-order valence-electron chi connectivity index (χ0n) is 16.7. The van der Waals surface area contributed by atoms with Crippen molar-refractivity contribution < 1.29 is 18.0 Å². The van der Waals surface area contributed by atoms with Gasteiger partial charge in [0.15, 0.2) is 0 Å². The minimum atomic E-state index is -4.47. The van der Waals surface area contributed by atoms with E-state index in [1.54, 1.807) is 24.3 Å². The molecule has 0 radical (unpaired) electrons. The van der Waals surface area contributed by atoms with Gasteiger partial charge in [-0.2, -0.15) is 8.42 Å². The molecule has 162 valence electrons. The van der Waals surface area contributed by atoms with Crippen LogP contribution in [-0.4, -0.2) is 44.6 Å². The summed E-state index contributed by atoms with van der Waals surface area (Å²) in [7, 11) is -0.792. The predicted molar refractivity (Wildman–Crippen MR) is 122 cm³/mol. The van der Waals surface area contributed by atoms with Crippen molar-refractivity contribution in [1.82, 2.24) is 9.84 Å². The largest absolute Gasteiger partial charge is 0.377 e. The van der Waals surface area contributed by atoms with Crippen molar-refractivity contribution in [3.05, 3.63) is 71.2 Å². The summed E-state index contributed by atoms with van der Waals surface area (Å²) in [4.78, 5) is 26.8. The normalized spacial score (nSPS) is 11.2. The van der Waals surface area contributed by atoms with Crippen molar-refractivity contribution in [2.75, 3.05) is 24.9 Å². The van der Waals surface area contributed by atoms with Crippen LogP contribution in [0.3, 0.4) is 0 Å². The number of anilines is 1. The first-order valence-corrected chi connectivity index (χ1v) is 11.4. The van der Waals surface area contributed by atoms with Gasteiger partial charge in [-0.15, -0.1) is 16.0 Å². The number of nitrogens with zero attached hydrogens (tertiary/aromatic N) is 2. The van der Waals surface area contributed by atoms with Crippen molar-refractivity contribution in [2.45, 2.75) is 4.90 Å². The van der Waals surface area contributed by atoms with Crippen LogP contribution in [0, 0.1) is 0 Å². The van der Waals surface area contributed by atoms with Crippen LogP contribution in [0.4, 0.5) is 5.69 Å². The summed E-state index contributed by atoms with van der Waals surface area (Å²) >= 11 is 11.5. The minimum absolute atomic E-state index is 0.125. The standard InChI is InChI=1S/C21H19Cl2N3O4S/c1-25(2)18-7-3-6-17-16(18)5-4-8-19(17)31(29,30)26(20(27)13-22)24-21(28)14-9-11-15(23)12-10-14/h3-12H,13H2,1-2H3,(H,24,28). The fraction of sp³-hybridized carbons (Fsp3) is 0.143. The van der Waals surface area contributed by atoms with Crippen molar-refractivity contribution in [3.8, 4) is 0 Å². The third-order valence-corrected chi connectivity index (χ3v) is 6.68. The van der Waals surface area contributed by atoms with Gasteiger partial charge in [-0.05, 0) is 36.4 Å². The lowest BCUT2D eigenvalue weighted by Crippen LogP contribution is -2.50. The van der Waals surface area contributed by atoms with Gasteiger partial charge in [0.1, 0.15) is 5.88 Å². The second kappa shape index (κ2) is 9.13. The quantitative estimate of drug-likeness (QED) is 0.445. The second-order valence-electron chi connectivity index (χ2n) is 6.77. The van der Waals surface area contributed by atoms with E-state index in [-0.39, 0.29) is 14.9 Å². The highest BCUT2D eigenvalue weighted by molar-refractivity contribution is 7.89. The Labute approximate surface area is 190 Å². The van der Waals surface area contributed by atoms with Gasteiger partial charge >= 0.3 is 0 Å². The highest BCUT2D eigenvalue weighted by Crippen LogP contribution is 2.31. The van der Waals surface area contributed by atoms with Gasteiger partial charge in [0, 0.05) is 41.1 Å². The maximum absolute atomic E-state index is 13.4. The number of hydrogen-bond donors (Lipinski definition) is 1. The van der Waals surface area contributed by atoms with Crippen LogP contribution in [-0.2, 0) is 14.8 Å². The summed E-state index contributed by atoms with van der Waals surface area (Å²) in [5.74, 6) is -2.44. The molecule has 0 aliphatic rings. The molecule has 0 heterocycles. The Morgan fingerprint density at radius 3 is 2.16 bits per heavy atom. The monoisotopic (exact) mass is 479 g/mol. The number of hydrogen-bond acceptors (Lipinski definition) is 5. The van der Waals surface area contributed by atoms with E-state index in [1.165, 1.54) is 30.3 Å². The highest BCUT2D eigenvalue weighted by Gasteiger charge is 2.32. The number of halogens is 2. The fourth-order valence-corrected chi connectivity index (χ4v) is 4.80. The van der Waals surface area contributed by atoms with E-state index in [0.29, 0.717) is 15.8 Å². The van der Waals surface area contributed by atoms with E-state index in [4.69, 9.17) is 23.2 Å². The van der Waals surface area contributed by atoms with Crippen LogP contribution >= 0.6 is 23.2 Å². The number of carbonyl (C=O) groups excluding carboxylic acids is 2. The Kier molecular flexibility index (Phi) is 6.74. The third-order valence-electron chi connectivity index (χ3n) is 4.51. The average molecular weight is 480 g/mol. The van der Waals surface area contributed by atoms with E-state index in [9.17, 15) is 18.0 Å². The molecule has 31 heavy (non-hydrogen) atoms. The highest BCUT2D eigenvalue weighted by atomic mass is 35.5. The summed E-state index contributed by atoms with van der Waals surface area (Å²) < 4.78 is 27.2. The molecule has 0 aliphatic heterocycles. The van der Waals surface area contributed by atoms with Crippen LogP contribution in [0.25, 0.3) is 10.8 Å². The molecule has 3 aromatic carbocycles. The molecule has 7 nitrogen and oxygen atoms in total. The number of sulfonamides is 1. The predicted octanol–water partition coefficient (Wildman–Crippen LogP) is 3.66. The summed E-state index contributed by atoms with van der Waals surface area (Å²) in [5, 5.41) is 1.49. The van der Waals surface area contributed by atoms with Crippen LogP contribution in [0.1, 0.15) is 10.4 Å². The van der Waals surface area contributed by atoms with Crippen LogP contribution in [0.2, 0.25) is 5.02 Å². The van der Waals surface area contributed by atoms with Gasteiger partial charge in [-0.3, -0.25) is 9.59 Å². The molecule has 0 atom stereocenters. The molecule has 10 heteroatoms. The van der Waals surface area contributed by atoms with E-state index in [1.807, 2.05) is 25.1 Å². The Balaban J connectivity index is 2.09. The first kappa shape index (κ1) is 22.9. The summed E-state index contributed by atoms with van der Waals surface area (Å²) in [5.41, 5.74) is 3.09. The molecule has 0 saturated carbocycles. The number of fused-ring (bicyclic) bond motifs is 1. The van der Waals surface area contributed by atoms with E-state index in [0.717, 1.165) is 5.69 Å². The second-order valence-corrected chi connectivity index (χ2v) is 9.23. The zero-order valence-corrected chi connectivity index (χ0v) is 19.0. The minimum Gasteiger partial charge on any atom is -0.377 e. The molecule has 0 aromatic heterocycles. The molecule has 0 aliphatic carbocycles. The summed E-state index contributed by atoms with van der Waals surface area (Å²) in [6.45, 7) is 0. The zero-order chi connectivity index (χ0) is 22.8. The maximum Gasteiger partial charge on any atom is 0.285 e. The first-order valence-electron chi connectivity index (χ1n) is 9.06. The molecule has 1 N–H and O–H groups in total. The number of alkyl halides is 1. The number of amides is 2. The SMILES string of the molecule is CN(C)c1cccc2c(S(=O)(=O)N(NC(=O)c3ccc(Cl)cc3)C(=O)CCl)cccc12. The topological polar surface area (TPSA) is 86.8 Å². The molecule has 3 rings (SSSR count). The summed E-state index contributed by atoms with van der Waals surface area (Å²) in [6.07, 6.45) is 0. The van der Waals surface area contributed by atoms with Gasteiger partial charge in [0.05, 0.1) is 4.90 Å². The Morgan fingerprint density at radius 1 is 0.935 bits per heavy atom. The number of rotatable bonds is 5. The molecule has 2 amide bonds. The molecular weight excluding hydrogens is 461 g/mol. The number of benzene rings is 3. The fourth-order valence-electron chi connectivity index (χ4n) is 3.05. The Morgan fingerprint density at radius 2 is 1.55 bits per heavy atom. The number of carbonyl (C=O) groups is 2. The lowest BCUT2D eigenvalue weighted by Gasteiger charge is -2.23. The molecule has 0 spiro atoms. The van der Waals surface area contributed by atoms with Crippen LogP contribution in [0.15, 0.2) is 65.6 Å². The molecule has 3 aromatic rings. The summed E-state index contributed by atoms with van der Waals surface area (Å²) in [6, 6.07) is 15.7. The van der Waals surface area contributed by atoms with Gasteiger partial charge in [-0.1, -0.05) is 35.9 Å². The maximum atomic E-state index is 13.4. The lowest BCUT2D eigenvalue weighted by atomic mass is 10.1. The van der Waals surface area contributed by atoms with Gasteiger partial charge < -0.3 is 4.90 Å².